The van der Waals surface area contributed by atoms with Crippen molar-refractivity contribution in [1.29, 1.82) is 0 Å². The van der Waals surface area contributed by atoms with Crippen LogP contribution in [0.1, 0.15) is 58.2 Å². The Balaban J connectivity index is 1.19. The zero-order valence-corrected chi connectivity index (χ0v) is 27.3. The molecule has 2 aliphatic heterocycles. The molecule has 0 spiro atoms. The molecule has 1 aromatic heterocycles. The van der Waals surface area contributed by atoms with Gasteiger partial charge in [-0.15, -0.1) is 0 Å². The van der Waals surface area contributed by atoms with Gasteiger partial charge in [0, 0.05) is 62.5 Å². The second kappa shape index (κ2) is 14.4. The predicted octanol–water partition coefficient (Wildman–Crippen LogP) is 5.32. The van der Waals surface area contributed by atoms with Crippen molar-refractivity contribution < 1.29 is 18.8 Å². The molecule has 9 nitrogen and oxygen atoms in total. The third-order valence-electron chi connectivity index (χ3n) is 9.09. The molecule has 2 saturated heterocycles. The Morgan fingerprint density at radius 2 is 1.53 bits per heavy atom. The van der Waals surface area contributed by atoms with Crippen molar-refractivity contribution in [2.24, 2.45) is 0 Å². The Labute approximate surface area is 279 Å². The normalized spacial score (nSPS) is 15.8. The number of benzene rings is 3. The minimum Gasteiger partial charge on any atom is -0.451 e. The highest BCUT2D eigenvalue weighted by atomic mass is 35.5. The Morgan fingerprint density at radius 3 is 2.26 bits per heavy atom. The number of carbonyl (C=O) groups is 3. The van der Waals surface area contributed by atoms with Crippen LogP contribution >= 0.6 is 11.6 Å². The van der Waals surface area contributed by atoms with Gasteiger partial charge >= 0.3 is 0 Å². The monoisotopic (exact) mass is 654 g/mol. The molecule has 3 aromatic carbocycles. The fourth-order valence-corrected chi connectivity index (χ4v) is 6.53. The third kappa shape index (κ3) is 7.36. The minimum atomic E-state index is -0.911. The van der Waals surface area contributed by atoms with Crippen LogP contribution in [0, 0.1) is 0 Å². The van der Waals surface area contributed by atoms with Crippen molar-refractivity contribution in [2.75, 3.05) is 44.2 Å². The van der Waals surface area contributed by atoms with Crippen molar-refractivity contribution in [1.82, 2.24) is 15.1 Å². The van der Waals surface area contributed by atoms with Crippen LogP contribution in [0.3, 0.4) is 0 Å². The minimum absolute atomic E-state index is 0.0516. The lowest BCUT2D eigenvalue weighted by Gasteiger charge is -2.38. The number of hydrogen-bond donors (Lipinski definition) is 1. The number of nitrogens with one attached hydrogen (secondary N) is 1. The van der Waals surface area contributed by atoms with Gasteiger partial charge in [0.2, 0.25) is 5.91 Å². The van der Waals surface area contributed by atoms with Gasteiger partial charge in [0.25, 0.3) is 11.8 Å². The van der Waals surface area contributed by atoms with E-state index >= 15 is 0 Å². The largest absolute Gasteiger partial charge is 0.451 e. The number of rotatable bonds is 8. The van der Waals surface area contributed by atoms with E-state index in [4.69, 9.17) is 16.0 Å². The number of anilines is 1. The average molecular weight is 655 g/mol. The maximum atomic E-state index is 14.0. The van der Waals surface area contributed by atoms with Crippen LogP contribution in [-0.4, -0.2) is 72.8 Å². The lowest BCUT2D eigenvalue weighted by atomic mass is 10.0. The van der Waals surface area contributed by atoms with E-state index in [1.54, 1.807) is 29.2 Å². The van der Waals surface area contributed by atoms with Crippen molar-refractivity contribution >= 4 is 46.0 Å². The lowest BCUT2D eigenvalue weighted by Crippen LogP contribution is -2.56. The molecule has 2 aliphatic rings. The molecule has 1 N–H and O–H groups in total. The van der Waals surface area contributed by atoms with E-state index in [-0.39, 0.29) is 29.4 Å². The topological polar surface area (TPSA) is 103 Å². The van der Waals surface area contributed by atoms with E-state index in [1.807, 2.05) is 54.3 Å². The highest BCUT2D eigenvalue weighted by molar-refractivity contribution is 6.30. The van der Waals surface area contributed by atoms with E-state index in [1.165, 1.54) is 6.07 Å². The van der Waals surface area contributed by atoms with E-state index in [2.05, 4.69) is 10.2 Å². The molecule has 4 aromatic rings. The molecule has 0 unspecified atom stereocenters. The number of likely N-dealkylation sites (tertiary alicyclic amines) is 1. The number of piperazine rings is 1. The Hall–Kier alpha value is -4.63. The zero-order chi connectivity index (χ0) is 32.9. The second-order valence-corrected chi connectivity index (χ2v) is 12.6. The van der Waals surface area contributed by atoms with Gasteiger partial charge in [-0.3, -0.25) is 19.2 Å². The van der Waals surface area contributed by atoms with Gasteiger partial charge in [-0.2, -0.15) is 0 Å². The molecule has 3 amide bonds. The van der Waals surface area contributed by atoms with E-state index < -0.39 is 11.9 Å². The molecule has 6 rings (SSSR count). The van der Waals surface area contributed by atoms with Gasteiger partial charge in [0.15, 0.2) is 11.2 Å². The maximum Gasteiger partial charge on any atom is 0.287 e. The molecular formula is C37H39ClN4O5. The van der Waals surface area contributed by atoms with Gasteiger partial charge < -0.3 is 24.4 Å². The smallest absolute Gasteiger partial charge is 0.287 e. The highest BCUT2D eigenvalue weighted by Crippen LogP contribution is 2.25. The standard InChI is InChI=1S/C37H39ClN4O5/c1-2-25-12-15-33-29(22-25)32(43)24-34(47-33)35(44)39-30(23-26-10-13-27(38)14-11-26)37(46)42-20-18-40(19-21-42)31-9-5-4-8-28(31)36(45)41-16-6-3-7-17-41/h4-5,8-15,22,24,30H,2-3,6-7,16-21,23H2,1H3,(H,39,44)/t30-/m1/s1. The summed E-state index contributed by atoms with van der Waals surface area (Å²) in [6.45, 7) is 5.47. The van der Waals surface area contributed by atoms with Crippen LogP contribution in [0.15, 0.2) is 82.0 Å². The van der Waals surface area contributed by atoms with Gasteiger partial charge in [-0.1, -0.05) is 48.9 Å². The van der Waals surface area contributed by atoms with Crippen LogP contribution in [0.25, 0.3) is 11.0 Å². The van der Waals surface area contributed by atoms with Gasteiger partial charge in [-0.05, 0) is 73.2 Å². The summed E-state index contributed by atoms with van der Waals surface area (Å²) in [6, 6.07) is 20.4. The number of carbonyl (C=O) groups excluding carboxylic acids is 3. The summed E-state index contributed by atoms with van der Waals surface area (Å²) in [4.78, 5) is 59.7. The number of amides is 3. The second-order valence-electron chi connectivity index (χ2n) is 12.2. The van der Waals surface area contributed by atoms with Crippen LogP contribution in [0.2, 0.25) is 5.02 Å². The number of halogens is 1. The summed E-state index contributed by atoms with van der Waals surface area (Å²) in [7, 11) is 0. The number of piperidine rings is 1. The van der Waals surface area contributed by atoms with Crippen molar-refractivity contribution in [3.63, 3.8) is 0 Å². The summed E-state index contributed by atoms with van der Waals surface area (Å²) in [5.74, 6) is -0.975. The van der Waals surface area contributed by atoms with Crippen molar-refractivity contribution in [3.05, 3.63) is 110 Å². The van der Waals surface area contributed by atoms with E-state index in [0.717, 1.165) is 55.6 Å². The number of hydrogen-bond acceptors (Lipinski definition) is 6. The molecule has 47 heavy (non-hydrogen) atoms. The molecule has 1 atom stereocenters. The van der Waals surface area contributed by atoms with Crippen molar-refractivity contribution in [3.8, 4) is 0 Å². The predicted molar refractivity (Wildman–Crippen MR) is 183 cm³/mol. The fraction of sp³-hybridized carbons (Fsp3) is 0.351. The van der Waals surface area contributed by atoms with E-state index in [0.29, 0.717) is 47.7 Å². The highest BCUT2D eigenvalue weighted by Gasteiger charge is 2.31. The molecule has 244 valence electrons. The third-order valence-corrected chi connectivity index (χ3v) is 9.34. The maximum absolute atomic E-state index is 14.0. The molecule has 0 saturated carbocycles. The first-order chi connectivity index (χ1) is 22.8. The fourth-order valence-electron chi connectivity index (χ4n) is 6.41. The molecule has 0 bridgehead atoms. The van der Waals surface area contributed by atoms with Crippen LogP contribution in [0.5, 0.6) is 0 Å². The number of fused-ring (bicyclic) bond motifs is 1. The lowest BCUT2D eigenvalue weighted by molar-refractivity contribution is -0.133. The van der Waals surface area contributed by atoms with Crippen LogP contribution < -0.4 is 15.6 Å². The number of para-hydroxylation sites is 1. The first kappa shape index (κ1) is 32.3. The molecule has 10 heteroatoms. The Morgan fingerprint density at radius 1 is 0.830 bits per heavy atom. The van der Waals surface area contributed by atoms with Crippen LogP contribution in [-0.2, 0) is 17.6 Å². The first-order valence-corrected chi connectivity index (χ1v) is 16.7. The summed E-state index contributed by atoms with van der Waals surface area (Å²) < 4.78 is 5.84. The summed E-state index contributed by atoms with van der Waals surface area (Å²) in [5.41, 5.74) is 3.37. The van der Waals surface area contributed by atoms with E-state index in [9.17, 15) is 19.2 Å². The number of aryl methyl sites for hydroxylation is 1. The SMILES string of the molecule is CCc1ccc2oc(C(=O)N[C@H](Cc3ccc(Cl)cc3)C(=O)N3CCN(c4ccccc4C(=O)N4CCCCC4)CC3)cc(=O)c2c1. The average Bonchev–Trinajstić information content (AvgIpc) is 3.12. The molecular weight excluding hydrogens is 616 g/mol. The molecule has 0 radical (unpaired) electrons. The Kier molecular flexibility index (Phi) is 9.92. The zero-order valence-electron chi connectivity index (χ0n) is 26.5. The van der Waals surface area contributed by atoms with Gasteiger partial charge in [-0.25, -0.2) is 0 Å². The molecule has 0 aliphatic carbocycles. The molecule has 3 heterocycles. The summed E-state index contributed by atoms with van der Waals surface area (Å²) >= 11 is 6.10. The first-order valence-electron chi connectivity index (χ1n) is 16.3. The van der Waals surface area contributed by atoms with Gasteiger partial charge in [0.1, 0.15) is 11.6 Å². The number of nitrogens with zero attached hydrogens (tertiary/aromatic N) is 3. The quantitative estimate of drug-likeness (QED) is 0.276. The van der Waals surface area contributed by atoms with Crippen molar-refractivity contribution in [2.45, 2.75) is 45.1 Å². The Bertz CT molecular complexity index is 1830. The van der Waals surface area contributed by atoms with Crippen LogP contribution in [0.4, 0.5) is 5.69 Å². The summed E-state index contributed by atoms with van der Waals surface area (Å²) in [5, 5.41) is 3.83. The molecule has 2 fully saturated rings. The summed E-state index contributed by atoms with van der Waals surface area (Å²) in [6.07, 6.45) is 4.19. The van der Waals surface area contributed by atoms with Gasteiger partial charge in [0.05, 0.1) is 10.9 Å².